The number of amidine groups is 1. The first-order valence-electron chi connectivity index (χ1n) is 9.59. The summed E-state index contributed by atoms with van der Waals surface area (Å²) in [7, 11) is 1.76. The number of nitrogens with two attached hydrogens (primary N) is 1. The number of aromatic nitrogens is 4. The van der Waals surface area contributed by atoms with Crippen LogP contribution in [0.4, 0.5) is 17.1 Å². The zero-order chi connectivity index (χ0) is 21.8. The molecule has 0 saturated heterocycles. The molecule has 0 saturated carbocycles. The smallest absolute Gasteiger partial charge is 0.258 e. The lowest BCUT2D eigenvalue weighted by atomic mass is 10.2. The Labute approximate surface area is 178 Å². The standard InChI is InChI=1S/C22H22N8O/c1-14(21(23)27-19-6-7-20-15(8-19)11-25-29-20)10-24-17-4-3-5-18(9-17)28-22(31)16-12-26-30(2)13-16/h3-13,24H,1-2H3,(H2,23,27)(H,25,29)(H,28,31)/b14-10-. The first kappa shape index (κ1) is 19.9. The molecule has 0 aliphatic carbocycles. The molecule has 9 heteroatoms. The van der Waals surface area contributed by atoms with Crippen LogP contribution in [0.3, 0.4) is 0 Å². The van der Waals surface area contributed by atoms with E-state index >= 15 is 0 Å². The number of nitrogens with one attached hydrogen (secondary N) is 3. The van der Waals surface area contributed by atoms with Crippen molar-refractivity contribution >= 4 is 39.7 Å². The van der Waals surface area contributed by atoms with E-state index in [2.05, 4.69) is 30.9 Å². The van der Waals surface area contributed by atoms with Crippen molar-refractivity contribution in [2.45, 2.75) is 6.92 Å². The number of rotatable bonds is 6. The molecule has 0 atom stereocenters. The lowest BCUT2D eigenvalue weighted by Crippen LogP contribution is -2.13. The molecule has 0 radical (unpaired) electrons. The van der Waals surface area contributed by atoms with Crippen LogP contribution in [0, 0.1) is 0 Å². The maximum absolute atomic E-state index is 12.3. The Morgan fingerprint density at radius 1 is 1.19 bits per heavy atom. The minimum absolute atomic E-state index is 0.219. The molecule has 2 aromatic carbocycles. The molecule has 0 aliphatic heterocycles. The lowest BCUT2D eigenvalue weighted by Gasteiger charge is -2.08. The van der Waals surface area contributed by atoms with Gasteiger partial charge < -0.3 is 16.4 Å². The largest absolute Gasteiger partial charge is 0.383 e. The maximum Gasteiger partial charge on any atom is 0.258 e. The van der Waals surface area contributed by atoms with Gasteiger partial charge in [-0.3, -0.25) is 14.6 Å². The topological polar surface area (TPSA) is 126 Å². The second-order valence-corrected chi connectivity index (χ2v) is 7.05. The number of benzene rings is 2. The van der Waals surface area contributed by atoms with E-state index in [4.69, 9.17) is 5.73 Å². The molecule has 4 aromatic rings. The molecule has 0 fully saturated rings. The van der Waals surface area contributed by atoms with E-state index in [0.29, 0.717) is 17.1 Å². The predicted molar refractivity (Wildman–Crippen MR) is 122 cm³/mol. The summed E-state index contributed by atoms with van der Waals surface area (Å²) in [6.07, 6.45) is 6.71. The van der Waals surface area contributed by atoms with Gasteiger partial charge in [-0.15, -0.1) is 0 Å². The van der Waals surface area contributed by atoms with E-state index in [1.54, 1.807) is 30.3 Å². The average Bonchev–Trinajstić information content (AvgIpc) is 3.40. The van der Waals surface area contributed by atoms with E-state index in [-0.39, 0.29) is 5.91 Å². The Hall–Kier alpha value is -4.40. The van der Waals surface area contributed by atoms with Crippen molar-refractivity contribution in [3.8, 4) is 0 Å². The van der Waals surface area contributed by atoms with Crippen LogP contribution in [-0.4, -0.2) is 31.7 Å². The third-order valence-corrected chi connectivity index (χ3v) is 4.62. The molecule has 9 nitrogen and oxygen atoms in total. The van der Waals surface area contributed by atoms with Gasteiger partial charge in [-0.1, -0.05) is 6.07 Å². The van der Waals surface area contributed by atoms with Crippen molar-refractivity contribution in [3.05, 3.63) is 78.4 Å². The van der Waals surface area contributed by atoms with E-state index in [1.165, 1.54) is 6.20 Å². The molecule has 31 heavy (non-hydrogen) atoms. The number of aromatic amines is 1. The number of carbonyl (C=O) groups is 1. The van der Waals surface area contributed by atoms with E-state index in [9.17, 15) is 4.79 Å². The van der Waals surface area contributed by atoms with Crippen LogP contribution < -0.4 is 16.4 Å². The number of aryl methyl sites for hydroxylation is 1. The minimum Gasteiger partial charge on any atom is -0.383 e. The maximum atomic E-state index is 12.3. The second-order valence-electron chi connectivity index (χ2n) is 7.05. The third kappa shape index (κ3) is 4.78. The number of anilines is 2. The fourth-order valence-electron chi connectivity index (χ4n) is 2.92. The van der Waals surface area contributed by atoms with Crippen LogP contribution in [0.1, 0.15) is 17.3 Å². The number of fused-ring (bicyclic) bond motifs is 1. The monoisotopic (exact) mass is 414 g/mol. The molecule has 0 spiro atoms. The third-order valence-electron chi connectivity index (χ3n) is 4.62. The molecule has 4 rings (SSSR count). The first-order chi connectivity index (χ1) is 15.0. The molecule has 0 unspecified atom stereocenters. The van der Waals surface area contributed by atoms with E-state index in [0.717, 1.165) is 27.9 Å². The Bertz CT molecular complexity index is 1300. The number of carbonyl (C=O) groups excluding carboxylic acids is 1. The second kappa shape index (κ2) is 8.54. The number of hydrogen-bond donors (Lipinski definition) is 4. The van der Waals surface area contributed by atoms with Gasteiger partial charge in [0, 0.05) is 41.8 Å². The van der Waals surface area contributed by atoms with Gasteiger partial charge in [0.05, 0.1) is 29.2 Å². The summed E-state index contributed by atoms with van der Waals surface area (Å²) >= 11 is 0. The van der Waals surface area contributed by atoms with Crippen LogP contribution in [0.5, 0.6) is 0 Å². The zero-order valence-electron chi connectivity index (χ0n) is 17.1. The fourth-order valence-corrected chi connectivity index (χ4v) is 2.92. The highest BCUT2D eigenvalue weighted by Crippen LogP contribution is 2.20. The molecule has 0 aliphatic rings. The van der Waals surface area contributed by atoms with Gasteiger partial charge in [0.1, 0.15) is 5.84 Å². The van der Waals surface area contributed by atoms with Crippen molar-refractivity contribution in [2.75, 3.05) is 10.6 Å². The van der Waals surface area contributed by atoms with Gasteiger partial charge in [-0.25, -0.2) is 4.99 Å². The summed E-state index contributed by atoms with van der Waals surface area (Å²) in [5.41, 5.74) is 10.6. The van der Waals surface area contributed by atoms with Gasteiger partial charge in [-0.2, -0.15) is 10.2 Å². The summed E-state index contributed by atoms with van der Waals surface area (Å²) < 4.78 is 1.58. The SMILES string of the molecule is C/C(=C/Nc1cccc(NC(=O)c2cnn(C)c2)c1)C(N)=Nc1ccc2[nH]ncc2c1. The Kier molecular flexibility index (Phi) is 5.48. The summed E-state index contributed by atoms with van der Waals surface area (Å²) in [6.45, 7) is 1.87. The predicted octanol–water partition coefficient (Wildman–Crippen LogP) is 3.55. The van der Waals surface area contributed by atoms with Crippen LogP contribution in [0.25, 0.3) is 10.9 Å². The molecule has 2 heterocycles. The Balaban J connectivity index is 1.43. The van der Waals surface area contributed by atoms with Crippen molar-refractivity contribution < 1.29 is 4.79 Å². The van der Waals surface area contributed by atoms with Crippen molar-refractivity contribution in [1.29, 1.82) is 0 Å². The van der Waals surface area contributed by atoms with Gasteiger partial charge in [-0.05, 0) is 43.3 Å². The quantitative estimate of drug-likeness (QED) is 0.283. The number of H-pyrrole nitrogens is 1. The van der Waals surface area contributed by atoms with Crippen LogP contribution in [-0.2, 0) is 7.05 Å². The van der Waals surface area contributed by atoms with Gasteiger partial charge >= 0.3 is 0 Å². The van der Waals surface area contributed by atoms with Crippen molar-refractivity contribution in [3.63, 3.8) is 0 Å². The van der Waals surface area contributed by atoms with Gasteiger partial charge in [0.15, 0.2) is 0 Å². The molecular formula is C22H22N8O. The summed E-state index contributed by atoms with van der Waals surface area (Å²) in [5.74, 6) is 0.180. The summed E-state index contributed by atoms with van der Waals surface area (Å²) in [4.78, 5) is 16.8. The summed E-state index contributed by atoms with van der Waals surface area (Å²) in [5, 5.41) is 17.9. The first-order valence-corrected chi connectivity index (χ1v) is 9.59. The number of nitrogens with zero attached hydrogens (tertiary/aromatic N) is 4. The molecule has 0 bridgehead atoms. The molecule has 2 aromatic heterocycles. The minimum atomic E-state index is -0.219. The lowest BCUT2D eigenvalue weighted by molar-refractivity contribution is 0.102. The average molecular weight is 414 g/mol. The number of amides is 1. The molecule has 1 amide bonds. The molecule has 156 valence electrons. The highest BCUT2D eigenvalue weighted by atomic mass is 16.1. The normalized spacial score (nSPS) is 12.2. The highest BCUT2D eigenvalue weighted by molar-refractivity contribution is 6.04. The fraction of sp³-hybridized carbons (Fsp3) is 0.0909. The van der Waals surface area contributed by atoms with Crippen LogP contribution >= 0.6 is 0 Å². The summed E-state index contributed by atoms with van der Waals surface area (Å²) in [6, 6.07) is 13.1. The number of hydrogen-bond acceptors (Lipinski definition) is 5. The van der Waals surface area contributed by atoms with Crippen LogP contribution in [0.2, 0.25) is 0 Å². The van der Waals surface area contributed by atoms with E-state index in [1.807, 2.05) is 49.4 Å². The Morgan fingerprint density at radius 3 is 2.84 bits per heavy atom. The van der Waals surface area contributed by atoms with E-state index < -0.39 is 0 Å². The zero-order valence-corrected chi connectivity index (χ0v) is 17.1. The Morgan fingerprint density at radius 2 is 2.03 bits per heavy atom. The van der Waals surface area contributed by atoms with Crippen LogP contribution in [0.15, 0.2) is 77.8 Å². The number of aliphatic imine (C=N–C) groups is 1. The van der Waals surface area contributed by atoms with Gasteiger partial charge in [0.25, 0.3) is 5.91 Å². The van der Waals surface area contributed by atoms with Gasteiger partial charge in [0.2, 0.25) is 0 Å². The van der Waals surface area contributed by atoms with Crippen molar-refractivity contribution in [2.24, 2.45) is 17.8 Å². The molecule has 5 N–H and O–H groups in total. The molecular weight excluding hydrogens is 392 g/mol. The van der Waals surface area contributed by atoms with Crippen molar-refractivity contribution in [1.82, 2.24) is 20.0 Å². The highest BCUT2D eigenvalue weighted by Gasteiger charge is 2.08.